The van der Waals surface area contributed by atoms with E-state index in [0.717, 1.165) is 6.42 Å². The standard InChI is InChI=1S/C14H25N3O3/c1-3-10(2)12(17-5-4-11(15)13(17)18)14(19)16-6-8-20-9-7-16/h10-12H,3-9,15H2,1-2H3/t10?,11-,12?/m0/s1. The second-order valence-electron chi connectivity index (χ2n) is 5.69. The summed E-state index contributed by atoms with van der Waals surface area (Å²) in [6.45, 7) is 7.04. The molecular weight excluding hydrogens is 258 g/mol. The van der Waals surface area contributed by atoms with Gasteiger partial charge in [-0.25, -0.2) is 0 Å². The zero-order chi connectivity index (χ0) is 14.7. The summed E-state index contributed by atoms with van der Waals surface area (Å²) in [4.78, 5) is 28.4. The van der Waals surface area contributed by atoms with E-state index in [0.29, 0.717) is 39.3 Å². The SMILES string of the molecule is CCC(C)C(C(=O)N1CCOCC1)N1CC[C@H](N)C1=O. The van der Waals surface area contributed by atoms with Crippen molar-refractivity contribution < 1.29 is 14.3 Å². The minimum Gasteiger partial charge on any atom is -0.378 e. The van der Waals surface area contributed by atoms with Gasteiger partial charge < -0.3 is 20.3 Å². The molecule has 0 spiro atoms. The van der Waals surface area contributed by atoms with E-state index in [-0.39, 0.29) is 23.8 Å². The Balaban J connectivity index is 2.14. The molecule has 0 aromatic carbocycles. The molecule has 6 heteroatoms. The average molecular weight is 283 g/mol. The van der Waals surface area contributed by atoms with Crippen LogP contribution in [0, 0.1) is 5.92 Å². The zero-order valence-electron chi connectivity index (χ0n) is 12.4. The Morgan fingerprint density at radius 2 is 2.05 bits per heavy atom. The lowest BCUT2D eigenvalue weighted by Crippen LogP contribution is -2.55. The van der Waals surface area contributed by atoms with Crippen LogP contribution in [0.1, 0.15) is 26.7 Å². The van der Waals surface area contributed by atoms with Gasteiger partial charge in [0.1, 0.15) is 6.04 Å². The van der Waals surface area contributed by atoms with E-state index in [1.165, 1.54) is 0 Å². The van der Waals surface area contributed by atoms with Crippen LogP contribution in [0.5, 0.6) is 0 Å². The predicted molar refractivity (Wildman–Crippen MR) is 74.9 cm³/mol. The highest BCUT2D eigenvalue weighted by Gasteiger charge is 2.41. The topological polar surface area (TPSA) is 75.9 Å². The van der Waals surface area contributed by atoms with Gasteiger partial charge in [-0.3, -0.25) is 9.59 Å². The summed E-state index contributed by atoms with van der Waals surface area (Å²) in [5, 5.41) is 0. The molecule has 2 unspecified atom stereocenters. The fraction of sp³-hybridized carbons (Fsp3) is 0.857. The average Bonchev–Trinajstić information content (AvgIpc) is 2.80. The summed E-state index contributed by atoms with van der Waals surface area (Å²) >= 11 is 0. The lowest BCUT2D eigenvalue weighted by Gasteiger charge is -2.37. The van der Waals surface area contributed by atoms with Crippen LogP contribution >= 0.6 is 0 Å². The first kappa shape index (κ1) is 15.3. The molecule has 0 bridgehead atoms. The van der Waals surface area contributed by atoms with Crippen molar-refractivity contribution in [3.63, 3.8) is 0 Å². The third kappa shape index (κ3) is 2.96. The van der Waals surface area contributed by atoms with Crippen molar-refractivity contribution in [2.75, 3.05) is 32.8 Å². The van der Waals surface area contributed by atoms with Gasteiger partial charge in [-0.05, 0) is 12.3 Å². The van der Waals surface area contributed by atoms with Crippen LogP contribution in [-0.4, -0.2) is 66.5 Å². The number of hydrogen-bond acceptors (Lipinski definition) is 4. The molecule has 2 N–H and O–H groups in total. The van der Waals surface area contributed by atoms with Gasteiger partial charge in [-0.15, -0.1) is 0 Å². The molecule has 0 radical (unpaired) electrons. The van der Waals surface area contributed by atoms with Gasteiger partial charge >= 0.3 is 0 Å². The van der Waals surface area contributed by atoms with Crippen molar-refractivity contribution in [3.8, 4) is 0 Å². The second kappa shape index (κ2) is 6.54. The molecule has 0 aromatic heterocycles. The van der Waals surface area contributed by atoms with E-state index in [2.05, 4.69) is 0 Å². The number of amides is 2. The maximum atomic E-state index is 12.8. The molecule has 2 fully saturated rings. The number of nitrogens with two attached hydrogens (primary N) is 1. The Morgan fingerprint density at radius 1 is 1.40 bits per heavy atom. The van der Waals surface area contributed by atoms with Crippen LogP contribution in [-0.2, 0) is 14.3 Å². The quantitative estimate of drug-likeness (QED) is 0.776. The lowest BCUT2D eigenvalue weighted by atomic mass is 9.96. The maximum Gasteiger partial charge on any atom is 0.245 e. The Hall–Kier alpha value is -1.14. The van der Waals surface area contributed by atoms with Crippen LogP contribution in [0.4, 0.5) is 0 Å². The van der Waals surface area contributed by atoms with Gasteiger partial charge in [-0.2, -0.15) is 0 Å². The van der Waals surface area contributed by atoms with E-state index >= 15 is 0 Å². The molecular formula is C14H25N3O3. The highest BCUT2D eigenvalue weighted by Crippen LogP contribution is 2.23. The monoisotopic (exact) mass is 283 g/mol. The molecule has 114 valence electrons. The van der Waals surface area contributed by atoms with Crippen LogP contribution in [0.15, 0.2) is 0 Å². The van der Waals surface area contributed by atoms with Crippen molar-refractivity contribution >= 4 is 11.8 Å². The van der Waals surface area contributed by atoms with Crippen molar-refractivity contribution in [3.05, 3.63) is 0 Å². The van der Waals surface area contributed by atoms with Crippen molar-refractivity contribution in [1.82, 2.24) is 9.80 Å². The highest BCUT2D eigenvalue weighted by molar-refractivity contribution is 5.91. The fourth-order valence-electron chi connectivity index (χ4n) is 2.88. The summed E-state index contributed by atoms with van der Waals surface area (Å²) in [7, 11) is 0. The van der Waals surface area contributed by atoms with Gasteiger partial charge in [0, 0.05) is 19.6 Å². The molecule has 2 saturated heterocycles. The molecule has 0 aromatic rings. The minimum absolute atomic E-state index is 0.0464. The molecule has 0 aliphatic carbocycles. The number of carbonyl (C=O) groups is 2. The number of ether oxygens (including phenoxy) is 1. The fourth-order valence-corrected chi connectivity index (χ4v) is 2.88. The third-order valence-electron chi connectivity index (χ3n) is 4.38. The Kier molecular flexibility index (Phi) is 4.99. The van der Waals surface area contributed by atoms with Crippen LogP contribution in [0.25, 0.3) is 0 Å². The van der Waals surface area contributed by atoms with Crippen molar-refractivity contribution in [2.24, 2.45) is 11.7 Å². The molecule has 0 saturated carbocycles. The van der Waals surface area contributed by atoms with Crippen molar-refractivity contribution in [1.29, 1.82) is 0 Å². The van der Waals surface area contributed by atoms with Crippen LogP contribution in [0.3, 0.4) is 0 Å². The number of nitrogens with zero attached hydrogens (tertiary/aromatic N) is 2. The molecule has 2 aliphatic heterocycles. The van der Waals surface area contributed by atoms with E-state index in [1.807, 2.05) is 18.7 Å². The zero-order valence-corrected chi connectivity index (χ0v) is 12.4. The summed E-state index contributed by atoms with van der Waals surface area (Å²) < 4.78 is 5.29. The summed E-state index contributed by atoms with van der Waals surface area (Å²) in [6.07, 6.45) is 1.50. The molecule has 2 heterocycles. The number of carbonyl (C=O) groups excluding carboxylic acids is 2. The second-order valence-corrected chi connectivity index (χ2v) is 5.69. The van der Waals surface area contributed by atoms with Crippen molar-refractivity contribution in [2.45, 2.75) is 38.8 Å². The molecule has 3 atom stereocenters. The normalized spacial score (nSPS) is 26.8. The highest BCUT2D eigenvalue weighted by atomic mass is 16.5. The van der Waals surface area contributed by atoms with Gasteiger partial charge in [0.15, 0.2) is 0 Å². The number of rotatable bonds is 4. The summed E-state index contributed by atoms with van der Waals surface area (Å²) in [5.74, 6) is 0.0987. The van der Waals surface area contributed by atoms with E-state index in [1.54, 1.807) is 4.90 Å². The number of hydrogen-bond donors (Lipinski definition) is 1. The van der Waals surface area contributed by atoms with E-state index < -0.39 is 6.04 Å². The minimum atomic E-state index is -0.445. The predicted octanol–water partition coefficient (Wildman–Crippen LogP) is -0.180. The first-order valence-corrected chi connectivity index (χ1v) is 7.48. The number of morpholine rings is 1. The lowest BCUT2D eigenvalue weighted by molar-refractivity contribution is -0.148. The molecule has 20 heavy (non-hydrogen) atoms. The Bertz CT molecular complexity index is 369. The first-order chi connectivity index (χ1) is 9.56. The smallest absolute Gasteiger partial charge is 0.245 e. The Morgan fingerprint density at radius 3 is 2.55 bits per heavy atom. The maximum absolute atomic E-state index is 12.8. The molecule has 2 aliphatic rings. The van der Waals surface area contributed by atoms with Gasteiger partial charge in [0.2, 0.25) is 11.8 Å². The van der Waals surface area contributed by atoms with Gasteiger partial charge in [0.25, 0.3) is 0 Å². The molecule has 6 nitrogen and oxygen atoms in total. The first-order valence-electron chi connectivity index (χ1n) is 7.48. The van der Waals surface area contributed by atoms with E-state index in [4.69, 9.17) is 10.5 Å². The van der Waals surface area contributed by atoms with Gasteiger partial charge in [0.05, 0.1) is 19.3 Å². The number of likely N-dealkylation sites (tertiary alicyclic amines) is 1. The molecule has 2 rings (SSSR count). The van der Waals surface area contributed by atoms with E-state index in [9.17, 15) is 9.59 Å². The van der Waals surface area contributed by atoms with Crippen LogP contribution in [0.2, 0.25) is 0 Å². The summed E-state index contributed by atoms with van der Waals surface area (Å²) in [5.41, 5.74) is 5.79. The third-order valence-corrected chi connectivity index (χ3v) is 4.38. The largest absolute Gasteiger partial charge is 0.378 e. The molecule has 2 amide bonds. The summed E-state index contributed by atoms with van der Waals surface area (Å²) in [6, 6.07) is -0.821. The van der Waals surface area contributed by atoms with Crippen LogP contribution < -0.4 is 5.73 Å². The van der Waals surface area contributed by atoms with Gasteiger partial charge in [-0.1, -0.05) is 20.3 Å². The Labute approximate surface area is 120 Å².